The highest BCUT2D eigenvalue weighted by Crippen LogP contribution is 2.21. The van der Waals surface area contributed by atoms with E-state index in [2.05, 4.69) is 4.98 Å². The third kappa shape index (κ3) is 2.93. The van der Waals surface area contributed by atoms with Crippen molar-refractivity contribution < 1.29 is 14.6 Å². The minimum atomic E-state index is -0.819. The summed E-state index contributed by atoms with van der Waals surface area (Å²) in [5.41, 5.74) is 1.98. The summed E-state index contributed by atoms with van der Waals surface area (Å²) in [7, 11) is 1.64. The van der Waals surface area contributed by atoms with Gasteiger partial charge in [0.05, 0.1) is 13.5 Å². The molecular weight excluding hydrogens is 244 g/mol. The SMILES string of the molecule is COc1ccc(-n2ccnc2CCC(=O)O)cc1C. The first-order valence-electron chi connectivity index (χ1n) is 6.01. The average Bonchev–Trinajstić information content (AvgIpc) is 2.84. The van der Waals surface area contributed by atoms with E-state index in [1.54, 1.807) is 13.3 Å². The Hall–Kier alpha value is -2.30. The molecule has 5 nitrogen and oxygen atoms in total. The number of nitrogens with zero attached hydrogens (tertiary/aromatic N) is 2. The highest BCUT2D eigenvalue weighted by molar-refractivity contribution is 5.66. The maximum atomic E-state index is 10.6. The quantitative estimate of drug-likeness (QED) is 0.895. The van der Waals surface area contributed by atoms with Gasteiger partial charge in [0.1, 0.15) is 11.6 Å². The second-order valence-electron chi connectivity index (χ2n) is 4.26. The van der Waals surface area contributed by atoms with Crippen LogP contribution in [-0.2, 0) is 11.2 Å². The molecule has 2 aromatic rings. The first kappa shape index (κ1) is 13.1. The number of carboxylic acids is 1. The number of rotatable bonds is 5. The molecule has 0 bridgehead atoms. The van der Waals surface area contributed by atoms with E-state index in [9.17, 15) is 4.79 Å². The lowest BCUT2D eigenvalue weighted by molar-refractivity contribution is -0.137. The molecule has 1 N–H and O–H groups in total. The lowest BCUT2D eigenvalue weighted by Gasteiger charge is -2.10. The smallest absolute Gasteiger partial charge is 0.303 e. The molecule has 0 saturated carbocycles. The number of aliphatic carboxylic acids is 1. The van der Waals surface area contributed by atoms with Gasteiger partial charge >= 0.3 is 5.97 Å². The molecule has 0 unspecified atom stereocenters. The Kier molecular flexibility index (Phi) is 3.85. The van der Waals surface area contributed by atoms with Gasteiger partial charge in [0.15, 0.2) is 0 Å². The molecule has 19 heavy (non-hydrogen) atoms. The number of hydrogen-bond acceptors (Lipinski definition) is 3. The number of carbonyl (C=O) groups is 1. The number of benzene rings is 1. The molecule has 1 aromatic heterocycles. The topological polar surface area (TPSA) is 64.4 Å². The molecule has 0 atom stereocenters. The van der Waals surface area contributed by atoms with Gasteiger partial charge in [-0.1, -0.05) is 0 Å². The molecule has 0 radical (unpaired) electrons. The average molecular weight is 260 g/mol. The van der Waals surface area contributed by atoms with Gasteiger partial charge in [0.2, 0.25) is 0 Å². The zero-order valence-corrected chi connectivity index (χ0v) is 11.0. The zero-order valence-electron chi connectivity index (χ0n) is 11.0. The molecule has 0 spiro atoms. The summed E-state index contributed by atoms with van der Waals surface area (Å²) in [6.45, 7) is 1.97. The van der Waals surface area contributed by atoms with E-state index < -0.39 is 5.97 Å². The molecule has 0 amide bonds. The summed E-state index contributed by atoms with van der Waals surface area (Å²) in [5, 5.41) is 8.73. The predicted molar refractivity (Wildman–Crippen MR) is 70.8 cm³/mol. The van der Waals surface area contributed by atoms with Crippen molar-refractivity contribution in [3.8, 4) is 11.4 Å². The highest BCUT2D eigenvalue weighted by atomic mass is 16.5. The first-order valence-corrected chi connectivity index (χ1v) is 6.01. The molecule has 0 fully saturated rings. The monoisotopic (exact) mass is 260 g/mol. The van der Waals surface area contributed by atoms with Crippen LogP contribution in [-0.4, -0.2) is 27.7 Å². The van der Waals surface area contributed by atoms with Crippen LogP contribution in [0.15, 0.2) is 30.6 Å². The first-order chi connectivity index (χ1) is 9.11. The third-order valence-corrected chi connectivity index (χ3v) is 2.94. The molecule has 0 aliphatic rings. The van der Waals surface area contributed by atoms with Crippen molar-refractivity contribution in [2.75, 3.05) is 7.11 Å². The predicted octanol–water partition coefficient (Wildman–Crippen LogP) is 2.21. The van der Waals surface area contributed by atoms with Crippen molar-refractivity contribution in [3.63, 3.8) is 0 Å². The van der Waals surface area contributed by atoms with Crippen LogP contribution < -0.4 is 4.74 Å². The Morgan fingerprint density at radius 1 is 1.47 bits per heavy atom. The van der Waals surface area contributed by atoms with Crippen molar-refractivity contribution in [1.82, 2.24) is 9.55 Å². The van der Waals surface area contributed by atoms with E-state index in [1.165, 1.54) is 0 Å². The lowest BCUT2D eigenvalue weighted by Crippen LogP contribution is -2.05. The second kappa shape index (κ2) is 5.56. The Bertz CT molecular complexity index is 590. The number of carboxylic acid groups (broad SMARTS) is 1. The molecule has 1 heterocycles. The Morgan fingerprint density at radius 3 is 2.89 bits per heavy atom. The van der Waals surface area contributed by atoms with Crippen LogP contribution in [0.5, 0.6) is 5.75 Å². The molecule has 1 aromatic carbocycles. The van der Waals surface area contributed by atoms with E-state index in [0.717, 1.165) is 22.8 Å². The minimum absolute atomic E-state index is 0.0755. The fraction of sp³-hybridized carbons (Fsp3) is 0.286. The number of imidazole rings is 1. The van der Waals surface area contributed by atoms with Crippen LogP contribution in [0.2, 0.25) is 0 Å². The summed E-state index contributed by atoms with van der Waals surface area (Å²) in [5.74, 6) is 0.753. The van der Waals surface area contributed by atoms with Crippen molar-refractivity contribution >= 4 is 5.97 Å². The standard InChI is InChI=1S/C14H16N2O3/c1-10-9-11(3-4-12(10)19-2)16-8-7-15-13(16)5-6-14(17)18/h3-4,7-9H,5-6H2,1-2H3,(H,17,18). The molecule has 0 saturated heterocycles. The fourth-order valence-electron chi connectivity index (χ4n) is 1.99. The zero-order chi connectivity index (χ0) is 13.8. The van der Waals surface area contributed by atoms with Crippen molar-refractivity contribution in [2.24, 2.45) is 0 Å². The van der Waals surface area contributed by atoms with E-state index in [1.807, 2.05) is 35.9 Å². The largest absolute Gasteiger partial charge is 0.496 e. The summed E-state index contributed by atoms with van der Waals surface area (Å²) < 4.78 is 7.12. The molecule has 0 aliphatic carbocycles. The van der Waals surface area contributed by atoms with Gasteiger partial charge in [-0.2, -0.15) is 0 Å². The van der Waals surface area contributed by atoms with Crippen LogP contribution in [0.4, 0.5) is 0 Å². The van der Waals surface area contributed by atoms with Gasteiger partial charge in [0.25, 0.3) is 0 Å². The van der Waals surface area contributed by atoms with Gasteiger partial charge < -0.3 is 14.4 Å². The van der Waals surface area contributed by atoms with Crippen molar-refractivity contribution in [1.29, 1.82) is 0 Å². The van der Waals surface area contributed by atoms with Crippen LogP contribution in [0, 0.1) is 6.92 Å². The van der Waals surface area contributed by atoms with Crippen LogP contribution in [0.1, 0.15) is 17.8 Å². The minimum Gasteiger partial charge on any atom is -0.496 e. The van der Waals surface area contributed by atoms with Crippen LogP contribution >= 0.6 is 0 Å². The second-order valence-corrected chi connectivity index (χ2v) is 4.26. The van der Waals surface area contributed by atoms with Gasteiger partial charge in [-0.3, -0.25) is 4.79 Å². The Labute approximate surface area is 111 Å². The van der Waals surface area contributed by atoms with E-state index >= 15 is 0 Å². The lowest BCUT2D eigenvalue weighted by atomic mass is 10.2. The number of aromatic nitrogens is 2. The van der Waals surface area contributed by atoms with Gasteiger partial charge in [0, 0.05) is 24.5 Å². The molecule has 2 rings (SSSR count). The van der Waals surface area contributed by atoms with Crippen LogP contribution in [0.3, 0.4) is 0 Å². The number of methoxy groups -OCH3 is 1. The molecular formula is C14H16N2O3. The van der Waals surface area contributed by atoms with Crippen molar-refractivity contribution in [2.45, 2.75) is 19.8 Å². The molecule has 5 heteroatoms. The summed E-state index contributed by atoms with van der Waals surface area (Å²) >= 11 is 0. The van der Waals surface area contributed by atoms with E-state index in [-0.39, 0.29) is 6.42 Å². The summed E-state index contributed by atoms with van der Waals surface area (Å²) in [6.07, 6.45) is 3.99. The van der Waals surface area contributed by atoms with Gasteiger partial charge in [-0.05, 0) is 30.7 Å². The maximum absolute atomic E-state index is 10.6. The Balaban J connectivity index is 2.29. The Morgan fingerprint density at radius 2 is 2.26 bits per heavy atom. The fourth-order valence-corrected chi connectivity index (χ4v) is 1.99. The van der Waals surface area contributed by atoms with E-state index in [4.69, 9.17) is 9.84 Å². The molecule has 100 valence electrons. The number of ether oxygens (including phenoxy) is 1. The maximum Gasteiger partial charge on any atom is 0.303 e. The summed E-state index contributed by atoms with van der Waals surface area (Å²) in [4.78, 5) is 14.8. The third-order valence-electron chi connectivity index (χ3n) is 2.94. The van der Waals surface area contributed by atoms with Gasteiger partial charge in [-0.25, -0.2) is 4.98 Å². The van der Waals surface area contributed by atoms with Crippen molar-refractivity contribution in [3.05, 3.63) is 42.0 Å². The normalized spacial score (nSPS) is 10.4. The van der Waals surface area contributed by atoms with Crippen LogP contribution in [0.25, 0.3) is 5.69 Å². The highest BCUT2D eigenvalue weighted by Gasteiger charge is 2.08. The molecule has 0 aliphatic heterocycles. The van der Waals surface area contributed by atoms with Gasteiger partial charge in [-0.15, -0.1) is 0 Å². The number of aryl methyl sites for hydroxylation is 2. The number of hydrogen-bond donors (Lipinski definition) is 1. The summed E-state index contributed by atoms with van der Waals surface area (Å²) in [6, 6.07) is 5.81. The van der Waals surface area contributed by atoms with E-state index in [0.29, 0.717) is 6.42 Å².